The van der Waals surface area contributed by atoms with Gasteiger partial charge in [0.25, 0.3) is 0 Å². The third kappa shape index (κ3) is 3.12. The number of likely N-dealkylation sites (N-methyl/N-ethyl adjacent to an activating group) is 1. The van der Waals surface area contributed by atoms with Crippen LogP contribution in [0.4, 0.5) is 0 Å². The minimum Gasteiger partial charge on any atom is -0.342 e. The van der Waals surface area contributed by atoms with Crippen molar-refractivity contribution < 1.29 is 4.79 Å². The maximum Gasteiger partial charge on any atom is 0.236 e. The molecule has 1 fully saturated rings. The van der Waals surface area contributed by atoms with Gasteiger partial charge in [0.15, 0.2) is 5.82 Å². The van der Waals surface area contributed by atoms with Gasteiger partial charge in [-0.15, -0.1) is 0 Å². The van der Waals surface area contributed by atoms with E-state index in [1.54, 1.807) is 0 Å². The van der Waals surface area contributed by atoms with Gasteiger partial charge in [-0.05, 0) is 40.2 Å². The number of amides is 1. The second-order valence-electron chi connectivity index (χ2n) is 4.97. The smallest absolute Gasteiger partial charge is 0.236 e. The second kappa shape index (κ2) is 6.14. The molecule has 0 bridgehead atoms. The molecule has 1 aliphatic heterocycles. The minimum atomic E-state index is 0.185. The first kappa shape index (κ1) is 14.0. The molecule has 1 aromatic heterocycles. The number of H-pyrrole nitrogens is 1. The van der Waals surface area contributed by atoms with Gasteiger partial charge in [0.1, 0.15) is 5.82 Å². The predicted molar refractivity (Wildman–Crippen MR) is 72.6 cm³/mol. The van der Waals surface area contributed by atoms with Crippen LogP contribution in [-0.4, -0.2) is 57.1 Å². The molecular weight excluding hydrogens is 242 g/mol. The summed E-state index contributed by atoms with van der Waals surface area (Å²) in [5.41, 5.74) is 0. The Morgan fingerprint density at radius 2 is 2.21 bits per heavy atom. The van der Waals surface area contributed by atoms with E-state index in [9.17, 15) is 4.79 Å². The summed E-state index contributed by atoms with van der Waals surface area (Å²) in [5.74, 6) is 1.85. The lowest BCUT2D eigenvalue weighted by Gasteiger charge is -2.25. The van der Waals surface area contributed by atoms with Crippen LogP contribution in [0.3, 0.4) is 0 Å². The van der Waals surface area contributed by atoms with E-state index < -0.39 is 0 Å². The molecule has 2 heterocycles. The summed E-state index contributed by atoms with van der Waals surface area (Å²) in [4.78, 5) is 20.7. The molecule has 1 amide bonds. The molecule has 1 saturated heterocycles. The molecule has 19 heavy (non-hydrogen) atoms. The molecular formula is C13H23N5O. The Morgan fingerprint density at radius 3 is 2.79 bits per heavy atom. The quantitative estimate of drug-likeness (QED) is 0.866. The number of nitrogens with one attached hydrogen (secondary N) is 1. The van der Waals surface area contributed by atoms with Crippen molar-refractivity contribution in [3.63, 3.8) is 0 Å². The van der Waals surface area contributed by atoms with E-state index >= 15 is 0 Å². The van der Waals surface area contributed by atoms with E-state index in [0.717, 1.165) is 44.1 Å². The highest BCUT2D eigenvalue weighted by Gasteiger charge is 2.31. The third-order valence-corrected chi connectivity index (χ3v) is 3.73. The van der Waals surface area contributed by atoms with E-state index in [1.807, 2.05) is 25.7 Å². The average Bonchev–Trinajstić information content (AvgIpc) is 2.99. The zero-order valence-electron chi connectivity index (χ0n) is 12.0. The first-order valence-electron chi connectivity index (χ1n) is 7.06. The Morgan fingerprint density at radius 1 is 1.47 bits per heavy atom. The number of rotatable bonds is 5. The van der Waals surface area contributed by atoms with Gasteiger partial charge >= 0.3 is 0 Å². The van der Waals surface area contributed by atoms with Gasteiger partial charge in [0.05, 0.1) is 12.6 Å². The molecule has 0 aliphatic carbocycles. The van der Waals surface area contributed by atoms with Crippen molar-refractivity contribution in [3.05, 3.63) is 11.6 Å². The summed E-state index contributed by atoms with van der Waals surface area (Å²) in [6.07, 6.45) is 2.13. The zero-order valence-corrected chi connectivity index (χ0v) is 12.0. The molecule has 1 aromatic rings. The number of likely N-dealkylation sites (tertiary alicyclic amines) is 1. The topological polar surface area (TPSA) is 65.1 Å². The number of hydrogen-bond acceptors (Lipinski definition) is 4. The normalized spacial score (nSPS) is 19.8. The number of aryl methyl sites for hydroxylation is 1. The highest BCUT2D eigenvalue weighted by atomic mass is 16.2. The summed E-state index contributed by atoms with van der Waals surface area (Å²) in [5, 5.41) is 7.12. The molecule has 0 saturated carbocycles. The molecule has 0 unspecified atom stereocenters. The molecule has 1 N–H and O–H groups in total. The van der Waals surface area contributed by atoms with Crippen molar-refractivity contribution in [3.8, 4) is 0 Å². The highest BCUT2D eigenvalue weighted by molar-refractivity contribution is 5.78. The fraction of sp³-hybridized carbons (Fsp3) is 0.769. The van der Waals surface area contributed by atoms with Crippen LogP contribution in [-0.2, 0) is 4.79 Å². The van der Waals surface area contributed by atoms with E-state index in [1.165, 1.54) is 0 Å². The Hall–Kier alpha value is -1.43. The van der Waals surface area contributed by atoms with Crippen LogP contribution in [0.5, 0.6) is 0 Å². The van der Waals surface area contributed by atoms with Gasteiger partial charge in [-0.2, -0.15) is 5.10 Å². The van der Waals surface area contributed by atoms with Crippen molar-refractivity contribution in [1.29, 1.82) is 0 Å². The van der Waals surface area contributed by atoms with Crippen LogP contribution in [0.25, 0.3) is 0 Å². The SMILES string of the molecule is CCN(CC)C(=O)CN1CCC[C@H]1c1n[nH]c(C)n1. The monoisotopic (exact) mass is 265 g/mol. The van der Waals surface area contributed by atoms with Crippen LogP contribution in [0.2, 0.25) is 0 Å². The second-order valence-corrected chi connectivity index (χ2v) is 4.97. The lowest BCUT2D eigenvalue weighted by molar-refractivity contribution is -0.132. The lowest BCUT2D eigenvalue weighted by Crippen LogP contribution is -2.40. The Labute approximate surface area is 114 Å². The van der Waals surface area contributed by atoms with Gasteiger partial charge in [0.2, 0.25) is 5.91 Å². The molecule has 1 aliphatic rings. The van der Waals surface area contributed by atoms with Crippen molar-refractivity contribution in [1.82, 2.24) is 25.0 Å². The number of aromatic amines is 1. The molecule has 2 rings (SSSR count). The molecule has 106 valence electrons. The van der Waals surface area contributed by atoms with Gasteiger partial charge in [-0.25, -0.2) is 4.98 Å². The van der Waals surface area contributed by atoms with Crippen molar-refractivity contribution in [2.24, 2.45) is 0 Å². The molecule has 0 radical (unpaired) electrons. The third-order valence-electron chi connectivity index (χ3n) is 3.73. The fourth-order valence-corrected chi connectivity index (χ4v) is 2.67. The Balaban J connectivity index is 2.01. The molecule has 0 aromatic carbocycles. The number of nitrogens with zero attached hydrogens (tertiary/aromatic N) is 4. The van der Waals surface area contributed by atoms with Gasteiger partial charge in [-0.1, -0.05) is 0 Å². The minimum absolute atomic E-state index is 0.185. The Bertz CT molecular complexity index is 426. The number of aromatic nitrogens is 3. The average molecular weight is 265 g/mol. The van der Waals surface area contributed by atoms with Crippen molar-refractivity contribution in [2.45, 2.75) is 39.7 Å². The maximum atomic E-state index is 12.2. The first-order valence-corrected chi connectivity index (χ1v) is 7.06. The van der Waals surface area contributed by atoms with Gasteiger partial charge in [-0.3, -0.25) is 14.8 Å². The molecule has 6 heteroatoms. The standard InChI is InChI=1S/C13H23N5O/c1-4-17(5-2)12(19)9-18-8-6-7-11(18)13-14-10(3)15-16-13/h11H,4-9H2,1-3H3,(H,14,15,16)/t11-/m0/s1. The largest absolute Gasteiger partial charge is 0.342 e. The fourth-order valence-electron chi connectivity index (χ4n) is 2.67. The summed E-state index contributed by atoms with van der Waals surface area (Å²) >= 11 is 0. The molecule has 0 spiro atoms. The predicted octanol–water partition coefficient (Wildman–Crippen LogP) is 1.12. The van der Waals surface area contributed by atoms with Crippen LogP contribution < -0.4 is 0 Å². The van der Waals surface area contributed by atoms with Crippen molar-refractivity contribution >= 4 is 5.91 Å². The first-order chi connectivity index (χ1) is 9.15. The van der Waals surface area contributed by atoms with E-state index in [-0.39, 0.29) is 11.9 Å². The molecule has 6 nitrogen and oxygen atoms in total. The van der Waals surface area contributed by atoms with E-state index in [4.69, 9.17) is 0 Å². The summed E-state index contributed by atoms with van der Waals surface area (Å²) in [6, 6.07) is 0.185. The highest BCUT2D eigenvalue weighted by Crippen LogP contribution is 2.29. The maximum absolute atomic E-state index is 12.2. The summed E-state index contributed by atoms with van der Waals surface area (Å²) in [7, 11) is 0. The summed E-state index contributed by atoms with van der Waals surface area (Å²) < 4.78 is 0. The van der Waals surface area contributed by atoms with E-state index in [2.05, 4.69) is 20.1 Å². The van der Waals surface area contributed by atoms with Crippen molar-refractivity contribution in [2.75, 3.05) is 26.2 Å². The number of hydrogen-bond donors (Lipinski definition) is 1. The number of carbonyl (C=O) groups is 1. The van der Waals surface area contributed by atoms with Crippen LogP contribution in [0, 0.1) is 6.92 Å². The van der Waals surface area contributed by atoms with Crippen LogP contribution in [0.1, 0.15) is 44.4 Å². The van der Waals surface area contributed by atoms with Crippen LogP contribution in [0.15, 0.2) is 0 Å². The lowest BCUT2D eigenvalue weighted by atomic mass is 10.2. The van der Waals surface area contributed by atoms with E-state index in [0.29, 0.717) is 6.54 Å². The number of carbonyl (C=O) groups excluding carboxylic acids is 1. The van der Waals surface area contributed by atoms with Gasteiger partial charge in [0, 0.05) is 13.1 Å². The Kier molecular flexibility index (Phi) is 4.52. The zero-order chi connectivity index (χ0) is 13.8. The van der Waals surface area contributed by atoms with Crippen LogP contribution >= 0.6 is 0 Å². The summed E-state index contributed by atoms with van der Waals surface area (Å²) in [6.45, 7) is 8.90. The van der Waals surface area contributed by atoms with Gasteiger partial charge < -0.3 is 4.90 Å². The molecule has 1 atom stereocenters.